The zero-order chi connectivity index (χ0) is 17.5. The van der Waals surface area contributed by atoms with E-state index >= 15 is 0 Å². The summed E-state index contributed by atoms with van der Waals surface area (Å²) in [7, 11) is 0. The van der Waals surface area contributed by atoms with Crippen LogP contribution >= 0.6 is 0 Å². The molecule has 2 N–H and O–H groups in total. The molecule has 3 rings (SSSR count). The van der Waals surface area contributed by atoms with Crippen LogP contribution in [-0.2, 0) is 20.7 Å². The molecule has 6 heteroatoms. The first kappa shape index (κ1) is 17.9. The SMILES string of the molecule is O=C(NCCc1ccccc1)C(=O)NCC1(N2CCOCC2)CCC1. The number of rotatable bonds is 6. The van der Waals surface area contributed by atoms with Gasteiger partial charge < -0.3 is 15.4 Å². The van der Waals surface area contributed by atoms with Crippen LogP contribution in [0.3, 0.4) is 0 Å². The molecular weight excluding hydrogens is 318 g/mol. The Kier molecular flexibility index (Phi) is 6.04. The lowest BCUT2D eigenvalue weighted by molar-refractivity contribution is -0.140. The first-order chi connectivity index (χ1) is 12.2. The van der Waals surface area contributed by atoms with Crippen LogP contribution in [0.25, 0.3) is 0 Å². The van der Waals surface area contributed by atoms with Crippen molar-refractivity contribution in [3.8, 4) is 0 Å². The monoisotopic (exact) mass is 345 g/mol. The van der Waals surface area contributed by atoms with E-state index in [9.17, 15) is 9.59 Å². The standard InChI is InChI=1S/C19H27N3O3/c23-17(20-10-7-16-5-2-1-3-6-16)18(24)21-15-19(8-4-9-19)22-11-13-25-14-12-22/h1-3,5-6H,4,7-15H2,(H,20,23)(H,21,24). The van der Waals surface area contributed by atoms with Gasteiger partial charge in [-0.15, -0.1) is 0 Å². The maximum Gasteiger partial charge on any atom is 0.309 e. The molecule has 0 radical (unpaired) electrons. The third kappa shape index (κ3) is 4.58. The van der Waals surface area contributed by atoms with Crippen LogP contribution in [0.2, 0.25) is 0 Å². The molecule has 0 bridgehead atoms. The van der Waals surface area contributed by atoms with Crippen molar-refractivity contribution in [2.75, 3.05) is 39.4 Å². The summed E-state index contributed by atoms with van der Waals surface area (Å²) in [5, 5.41) is 5.54. The van der Waals surface area contributed by atoms with Gasteiger partial charge in [0.15, 0.2) is 0 Å². The topological polar surface area (TPSA) is 70.7 Å². The summed E-state index contributed by atoms with van der Waals surface area (Å²) in [6, 6.07) is 9.91. The number of amides is 2. The molecule has 0 unspecified atom stereocenters. The van der Waals surface area contributed by atoms with E-state index in [1.165, 1.54) is 6.42 Å². The molecule has 136 valence electrons. The van der Waals surface area contributed by atoms with Crippen molar-refractivity contribution in [3.63, 3.8) is 0 Å². The highest BCUT2D eigenvalue weighted by Gasteiger charge is 2.43. The molecule has 1 aromatic carbocycles. The van der Waals surface area contributed by atoms with Crippen molar-refractivity contribution in [1.29, 1.82) is 0 Å². The van der Waals surface area contributed by atoms with Crippen molar-refractivity contribution >= 4 is 11.8 Å². The van der Waals surface area contributed by atoms with Crippen LogP contribution < -0.4 is 10.6 Å². The van der Waals surface area contributed by atoms with Crippen LogP contribution in [0.5, 0.6) is 0 Å². The molecule has 2 amide bonds. The highest BCUT2D eigenvalue weighted by Crippen LogP contribution is 2.37. The van der Waals surface area contributed by atoms with Gasteiger partial charge in [-0.2, -0.15) is 0 Å². The minimum atomic E-state index is -0.549. The third-order valence-electron chi connectivity index (χ3n) is 5.29. The lowest BCUT2D eigenvalue weighted by Crippen LogP contribution is -2.63. The fraction of sp³-hybridized carbons (Fsp3) is 0.579. The fourth-order valence-electron chi connectivity index (χ4n) is 3.60. The predicted octanol–water partition coefficient (Wildman–Crippen LogP) is 0.716. The zero-order valence-electron chi connectivity index (χ0n) is 14.6. The molecule has 0 aromatic heterocycles. The molecule has 1 heterocycles. The molecule has 6 nitrogen and oxygen atoms in total. The highest BCUT2D eigenvalue weighted by atomic mass is 16.5. The van der Waals surface area contributed by atoms with E-state index in [0.717, 1.165) is 51.1 Å². The molecule has 1 aliphatic carbocycles. The lowest BCUT2D eigenvalue weighted by Gasteiger charge is -2.51. The Morgan fingerprint density at radius 2 is 1.72 bits per heavy atom. The summed E-state index contributed by atoms with van der Waals surface area (Å²) >= 11 is 0. The van der Waals surface area contributed by atoms with Gasteiger partial charge in [-0.1, -0.05) is 30.3 Å². The Hall–Kier alpha value is -1.92. The van der Waals surface area contributed by atoms with Gasteiger partial charge in [-0.25, -0.2) is 0 Å². The normalized spacial score (nSPS) is 19.7. The molecule has 0 atom stereocenters. The van der Waals surface area contributed by atoms with E-state index in [2.05, 4.69) is 15.5 Å². The predicted molar refractivity (Wildman–Crippen MR) is 95.1 cm³/mol. The van der Waals surface area contributed by atoms with E-state index in [1.54, 1.807) is 0 Å². The number of ether oxygens (including phenoxy) is 1. The van der Waals surface area contributed by atoms with Gasteiger partial charge in [0, 0.05) is 31.7 Å². The van der Waals surface area contributed by atoms with Crippen LogP contribution in [0.1, 0.15) is 24.8 Å². The second-order valence-corrected chi connectivity index (χ2v) is 6.85. The van der Waals surface area contributed by atoms with Gasteiger partial charge in [-0.05, 0) is 31.2 Å². The molecule has 1 saturated carbocycles. The minimum Gasteiger partial charge on any atom is -0.379 e. The summed E-state index contributed by atoms with van der Waals surface area (Å²) in [6.45, 7) is 4.30. The molecule has 0 spiro atoms. The van der Waals surface area contributed by atoms with Crippen LogP contribution in [0, 0.1) is 0 Å². The van der Waals surface area contributed by atoms with Crippen molar-refractivity contribution in [2.24, 2.45) is 0 Å². The summed E-state index contributed by atoms with van der Waals surface area (Å²) in [5.41, 5.74) is 1.16. The quantitative estimate of drug-likeness (QED) is 0.745. The number of nitrogens with zero attached hydrogens (tertiary/aromatic N) is 1. The highest BCUT2D eigenvalue weighted by molar-refractivity contribution is 6.35. The summed E-state index contributed by atoms with van der Waals surface area (Å²) < 4.78 is 5.41. The van der Waals surface area contributed by atoms with Gasteiger partial charge in [0.25, 0.3) is 0 Å². The average Bonchev–Trinajstić information content (AvgIpc) is 2.62. The van der Waals surface area contributed by atoms with Gasteiger partial charge in [-0.3, -0.25) is 14.5 Å². The van der Waals surface area contributed by atoms with Crippen molar-refractivity contribution in [1.82, 2.24) is 15.5 Å². The smallest absolute Gasteiger partial charge is 0.309 e. The van der Waals surface area contributed by atoms with Gasteiger partial charge >= 0.3 is 11.8 Å². The maximum absolute atomic E-state index is 12.1. The molecular formula is C19H27N3O3. The molecule has 2 aliphatic rings. The second kappa shape index (κ2) is 8.45. The lowest BCUT2D eigenvalue weighted by atomic mass is 9.75. The summed E-state index contributed by atoms with van der Waals surface area (Å²) in [6.07, 6.45) is 4.04. The number of morpholine rings is 1. The second-order valence-electron chi connectivity index (χ2n) is 6.85. The van der Waals surface area contributed by atoms with Gasteiger partial charge in [0.2, 0.25) is 0 Å². The first-order valence-electron chi connectivity index (χ1n) is 9.12. The Morgan fingerprint density at radius 3 is 2.36 bits per heavy atom. The number of carbonyl (C=O) groups is 2. The van der Waals surface area contributed by atoms with E-state index in [4.69, 9.17) is 4.74 Å². The molecule has 2 fully saturated rings. The number of hydrogen-bond acceptors (Lipinski definition) is 4. The number of hydrogen-bond donors (Lipinski definition) is 2. The fourth-order valence-corrected chi connectivity index (χ4v) is 3.60. The van der Waals surface area contributed by atoms with E-state index < -0.39 is 11.8 Å². The van der Waals surface area contributed by atoms with Crippen molar-refractivity contribution in [3.05, 3.63) is 35.9 Å². The molecule has 1 aliphatic heterocycles. The summed E-state index contributed by atoms with van der Waals surface area (Å²) in [5.74, 6) is -1.08. The summed E-state index contributed by atoms with van der Waals surface area (Å²) in [4.78, 5) is 26.5. The third-order valence-corrected chi connectivity index (χ3v) is 5.29. The average molecular weight is 345 g/mol. The zero-order valence-corrected chi connectivity index (χ0v) is 14.6. The van der Waals surface area contributed by atoms with Gasteiger partial charge in [0.05, 0.1) is 13.2 Å². The maximum atomic E-state index is 12.1. The Morgan fingerprint density at radius 1 is 1.04 bits per heavy atom. The Labute approximate surface area is 148 Å². The van der Waals surface area contributed by atoms with Gasteiger partial charge in [0.1, 0.15) is 0 Å². The van der Waals surface area contributed by atoms with Crippen molar-refractivity contribution in [2.45, 2.75) is 31.2 Å². The number of carbonyl (C=O) groups excluding carboxylic acids is 2. The van der Waals surface area contributed by atoms with E-state index in [1.807, 2.05) is 30.3 Å². The van der Waals surface area contributed by atoms with E-state index in [0.29, 0.717) is 13.1 Å². The minimum absolute atomic E-state index is 0.0176. The first-order valence-corrected chi connectivity index (χ1v) is 9.12. The number of benzene rings is 1. The van der Waals surface area contributed by atoms with Crippen LogP contribution in [-0.4, -0.2) is 61.6 Å². The largest absolute Gasteiger partial charge is 0.379 e. The number of nitrogens with one attached hydrogen (secondary N) is 2. The van der Waals surface area contributed by atoms with Crippen molar-refractivity contribution < 1.29 is 14.3 Å². The van der Waals surface area contributed by atoms with Crippen LogP contribution in [0.15, 0.2) is 30.3 Å². The molecule has 25 heavy (non-hydrogen) atoms. The molecule has 1 saturated heterocycles. The molecule has 1 aromatic rings. The Bertz CT molecular complexity index is 581. The van der Waals surface area contributed by atoms with E-state index in [-0.39, 0.29) is 5.54 Å². The Balaban J connectivity index is 1.41. The van der Waals surface area contributed by atoms with Crippen LogP contribution in [0.4, 0.5) is 0 Å².